The van der Waals surface area contributed by atoms with Gasteiger partial charge in [0.05, 0.1) is 0 Å². The SMILES string of the molecule is CC(C)CC[As](C(=O)C1CCC(C)CC1)c1nn(-c2ccc(-c3cc4ncccn4n3)cc2)cc1C(=O)O. The molecule has 38 heavy (non-hydrogen) atoms. The van der Waals surface area contributed by atoms with E-state index in [0.29, 0.717) is 20.9 Å². The van der Waals surface area contributed by atoms with Crippen LogP contribution in [0, 0.1) is 17.8 Å². The first-order valence-corrected chi connectivity index (χ1v) is 16.6. The van der Waals surface area contributed by atoms with E-state index >= 15 is 0 Å². The van der Waals surface area contributed by atoms with Gasteiger partial charge in [-0.1, -0.05) is 0 Å². The van der Waals surface area contributed by atoms with Gasteiger partial charge in [-0.05, 0) is 0 Å². The van der Waals surface area contributed by atoms with E-state index in [9.17, 15) is 14.7 Å². The Balaban J connectivity index is 1.45. The molecule has 198 valence electrons. The molecule has 1 aromatic carbocycles. The van der Waals surface area contributed by atoms with Crippen LogP contribution in [0.1, 0.15) is 63.2 Å². The summed E-state index contributed by atoms with van der Waals surface area (Å²) in [5.74, 6) is 0.131. The van der Waals surface area contributed by atoms with Crippen molar-refractivity contribution < 1.29 is 14.7 Å². The van der Waals surface area contributed by atoms with Crippen LogP contribution in [0.3, 0.4) is 0 Å². The van der Waals surface area contributed by atoms with Gasteiger partial charge in [0.2, 0.25) is 0 Å². The van der Waals surface area contributed by atoms with Crippen LogP contribution in [0.25, 0.3) is 22.6 Å². The Morgan fingerprint density at radius 1 is 1.11 bits per heavy atom. The van der Waals surface area contributed by atoms with E-state index in [1.807, 2.05) is 42.6 Å². The molecule has 0 aliphatic heterocycles. The first-order valence-electron chi connectivity index (χ1n) is 13.4. The molecule has 0 spiro atoms. The number of hydrogen-bond donors (Lipinski definition) is 1. The van der Waals surface area contributed by atoms with Crippen LogP contribution in [-0.2, 0) is 4.79 Å². The molecule has 1 unspecified atom stereocenters. The first-order chi connectivity index (χ1) is 18.3. The number of carbonyl (C=O) groups is 2. The van der Waals surface area contributed by atoms with Crippen molar-refractivity contribution in [3.63, 3.8) is 0 Å². The fourth-order valence-electron chi connectivity index (χ4n) is 5.04. The van der Waals surface area contributed by atoms with Crippen molar-refractivity contribution in [1.29, 1.82) is 0 Å². The van der Waals surface area contributed by atoms with Crippen molar-refractivity contribution in [3.8, 4) is 16.9 Å². The molecule has 1 fully saturated rings. The van der Waals surface area contributed by atoms with Gasteiger partial charge in [0.15, 0.2) is 0 Å². The number of benzene rings is 1. The van der Waals surface area contributed by atoms with Gasteiger partial charge in [0.1, 0.15) is 0 Å². The van der Waals surface area contributed by atoms with E-state index < -0.39 is 20.6 Å². The second-order valence-corrected chi connectivity index (χ2v) is 15.3. The Bertz CT molecular complexity index is 1400. The number of aromatic nitrogens is 5. The van der Waals surface area contributed by atoms with E-state index in [4.69, 9.17) is 5.10 Å². The monoisotopic (exact) mass is 575 g/mol. The van der Waals surface area contributed by atoms with Crippen LogP contribution in [-0.4, -0.2) is 54.7 Å². The molecule has 0 radical (unpaired) electrons. The Hall–Kier alpha value is -3.25. The van der Waals surface area contributed by atoms with Crippen molar-refractivity contribution in [1.82, 2.24) is 24.4 Å². The van der Waals surface area contributed by atoms with Crippen molar-refractivity contribution >= 4 is 35.3 Å². The number of rotatable bonds is 9. The van der Waals surface area contributed by atoms with E-state index in [1.165, 1.54) is 0 Å². The third-order valence-corrected chi connectivity index (χ3v) is 12.5. The molecule has 1 aliphatic carbocycles. The molecular weight excluding hydrogens is 541 g/mol. The molecule has 3 aromatic heterocycles. The Morgan fingerprint density at radius 2 is 1.84 bits per heavy atom. The number of hydrogen-bond acceptors (Lipinski definition) is 5. The quantitative estimate of drug-likeness (QED) is 0.283. The van der Waals surface area contributed by atoms with Gasteiger partial charge in [-0.3, -0.25) is 0 Å². The minimum absolute atomic E-state index is 0.0457. The van der Waals surface area contributed by atoms with E-state index in [1.54, 1.807) is 21.6 Å². The molecule has 0 amide bonds. The van der Waals surface area contributed by atoms with E-state index in [-0.39, 0.29) is 11.5 Å². The normalized spacial score (nSPS) is 18.6. The van der Waals surface area contributed by atoms with Crippen LogP contribution in [0.4, 0.5) is 0 Å². The average molecular weight is 576 g/mol. The maximum absolute atomic E-state index is 13.8. The van der Waals surface area contributed by atoms with Gasteiger partial charge >= 0.3 is 228 Å². The summed E-state index contributed by atoms with van der Waals surface area (Å²) in [6.45, 7) is 6.55. The summed E-state index contributed by atoms with van der Waals surface area (Å²) in [5, 5.41) is 20.2. The number of carboxylic acids is 1. The molecule has 0 bridgehead atoms. The Kier molecular flexibility index (Phi) is 7.80. The zero-order chi connectivity index (χ0) is 26.8. The third-order valence-electron chi connectivity index (χ3n) is 7.41. The molecule has 1 saturated carbocycles. The third kappa shape index (κ3) is 5.60. The van der Waals surface area contributed by atoms with Crippen molar-refractivity contribution in [2.45, 2.75) is 58.1 Å². The topological polar surface area (TPSA) is 102 Å². The van der Waals surface area contributed by atoms with Gasteiger partial charge in [-0.25, -0.2) is 0 Å². The molecule has 1 aliphatic rings. The molecule has 0 saturated heterocycles. The summed E-state index contributed by atoms with van der Waals surface area (Å²) in [6, 6.07) is 11.5. The van der Waals surface area contributed by atoms with Crippen molar-refractivity contribution in [3.05, 3.63) is 60.6 Å². The van der Waals surface area contributed by atoms with Gasteiger partial charge in [0.25, 0.3) is 0 Å². The van der Waals surface area contributed by atoms with Crippen LogP contribution in [0.5, 0.6) is 0 Å². The molecule has 4 aromatic rings. The number of aromatic carboxylic acids is 1. The first kappa shape index (κ1) is 26.4. The molecule has 1 atom stereocenters. The van der Waals surface area contributed by atoms with Crippen LogP contribution >= 0.6 is 0 Å². The van der Waals surface area contributed by atoms with Crippen LogP contribution in [0.2, 0.25) is 5.21 Å². The average Bonchev–Trinajstić information content (AvgIpc) is 3.54. The van der Waals surface area contributed by atoms with Crippen molar-refractivity contribution in [2.75, 3.05) is 0 Å². The second kappa shape index (κ2) is 11.2. The number of nitrogens with zero attached hydrogens (tertiary/aromatic N) is 5. The zero-order valence-corrected chi connectivity index (χ0v) is 24.0. The summed E-state index contributed by atoms with van der Waals surface area (Å²) in [4.78, 5) is 30.5. The number of fused-ring (bicyclic) bond motifs is 1. The van der Waals surface area contributed by atoms with Gasteiger partial charge in [-0.15, -0.1) is 0 Å². The zero-order valence-electron chi connectivity index (χ0n) is 22.1. The van der Waals surface area contributed by atoms with Crippen molar-refractivity contribution in [2.24, 2.45) is 17.8 Å². The summed E-state index contributed by atoms with van der Waals surface area (Å²) in [6.07, 6.45) is 10.0. The molecule has 1 N–H and O–H groups in total. The minimum atomic E-state index is -2.37. The number of carbonyl (C=O) groups excluding carboxylic acids is 1. The Morgan fingerprint density at radius 3 is 2.50 bits per heavy atom. The predicted octanol–water partition coefficient (Wildman–Crippen LogP) is 4.96. The summed E-state index contributed by atoms with van der Waals surface area (Å²) in [7, 11) is 0. The second-order valence-electron chi connectivity index (χ2n) is 10.7. The molecule has 8 nitrogen and oxygen atoms in total. The van der Waals surface area contributed by atoms with Gasteiger partial charge < -0.3 is 0 Å². The van der Waals surface area contributed by atoms with E-state index in [2.05, 4.69) is 30.9 Å². The predicted molar refractivity (Wildman–Crippen MR) is 148 cm³/mol. The van der Waals surface area contributed by atoms with Gasteiger partial charge in [0, 0.05) is 0 Å². The molecular formula is C29H34AsN5O3. The molecule has 9 heteroatoms. The summed E-state index contributed by atoms with van der Waals surface area (Å²) in [5.41, 5.74) is 3.42. The molecule has 5 rings (SSSR count). The van der Waals surface area contributed by atoms with E-state index in [0.717, 1.165) is 59.9 Å². The van der Waals surface area contributed by atoms with Gasteiger partial charge in [-0.2, -0.15) is 0 Å². The summed E-state index contributed by atoms with van der Waals surface area (Å²) >= 11 is -2.37. The van der Waals surface area contributed by atoms with Crippen LogP contribution in [0.15, 0.2) is 55.0 Å². The standard InChI is InChI=1S/C29H34AsN5O3/c1-19(2)13-14-30(28(36)22-7-5-20(3)6-8-22)27-24(29(37)38)18-35(33-27)23-11-9-21(10-12-23)25-17-26-31-15-4-16-34(26)32-25/h4,9-12,15-20,22H,5-8,13-14H2,1-3H3,(H,37,38). The van der Waals surface area contributed by atoms with Crippen LogP contribution < -0.4 is 4.48 Å². The number of carboxylic acid groups (broad SMARTS) is 1. The molecule has 3 heterocycles. The Labute approximate surface area is 227 Å². The maximum atomic E-state index is 13.8. The fraction of sp³-hybridized carbons (Fsp3) is 0.414. The summed E-state index contributed by atoms with van der Waals surface area (Å²) < 4.78 is 4.19. The fourth-order valence-corrected chi connectivity index (χ4v) is 10.8.